The van der Waals surface area contributed by atoms with Crippen molar-refractivity contribution in [1.82, 2.24) is 20.4 Å². The molecule has 1 aromatic carbocycles. The molecule has 0 amide bonds. The van der Waals surface area contributed by atoms with Crippen LogP contribution in [-0.4, -0.2) is 68.1 Å². The van der Waals surface area contributed by atoms with Crippen LogP contribution in [0.5, 0.6) is 0 Å². The predicted octanol–water partition coefficient (Wildman–Crippen LogP) is 2.55. The number of nitrogens with zero attached hydrogens (tertiary/aromatic N) is 3. The number of hydrogen-bond acceptors (Lipinski definition) is 3. The number of aliphatic imine (C=N–C) groups is 1. The highest BCUT2D eigenvalue weighted by molar-refractivity contribution is 5.79. The number of benzene rings is 1. The van der Waals surface area contributed by atoms with Gasteiger partial charge >= 0.3 is 0 Å². The van der Waals surface area contributed by atoms with Gasteiger partial charge in [0.1, 0.15) is 0 Å². The first-order valence-electron chi connectivity index (χ1n) is 10.6. The summed E-state index contributed by atoms with van der Waals surface area (Å²) < 4.78 is 0. The third kappa shape index (κ3) is 6.22. The van der Waals surface area contributed by atoms with E-state index in [1.165, 1.54) is 44.3 Å². The van der Waals surface area contributed by atoms with Crippen LogP contribution >= 0.6 is 0 Å². The fourth-order valence-electron chi connectivity index (χ4n) is 4.30. The summed E-state index contributed by atoms with van der Waals surface area (Å²) in [4.78, 5) is 9.49. The molecule has 0 spiro atoms. The summed E-state index contributed by atoms with van der Waals surface area (Å²) in [5.74, 6) is 1.74. The van der Waals surface area contributed by atoms with E-state index in [-0.39, 0.29) is 0 Å². The van der Waals surface area contributed by atoms with Gasteiger partial charge in [0.15, 0.2) is 5.96 Å². The zero-order valence-corrected chi connectivity index (χ0v) is 17.3. The maximum Gasteiger partial charge on any atom is 0.191 e. The van der Waals surface area contributed by atoms with Gasteiger partial charge in [-0.1, -0.05) is 30.3 Å². The summed E-state index contributed by atoms with van der Waals surface area (Å²) in [7, 11) is 4.10. The third-order valence-electron chi connectivity index (χ3n) is 6.20. The van der Waals surface area contributed by atoms with Crippen molar-refractivity contribution in [1.29, 1.82) is 0 Å². The van der Waals surface area contributed by atoms with Gasteiger partial charge in [-0.3, -0.25) is 9.89 Å². The number of hydrogen-bond donors (Lipinski definition) is 2. The quantitative estimate of drug-likeness (QED) is 0.617. The van der Waals surface area contributed by atoms with E-state index >= 15 is 0 Å². The number of likely N-dealkylation sites (tertiary alicyclic amines) is 2. The molecule has 0 aliphatic carbocycles. The number of rotatable bonds is 5. The van der Waals surface area contributed by atoms with Gasteiger partial charge in [-0.05, 0) is 64.2 Å². The Labute approximate surface area is 165 Å². The lowest BCUT2D eigenvalue weighted by atomic mass is 9.97. The topological polar surface area (TPSA) is 42.9 Å². The Morgan fingerprint density at radius 2 is 1.85 bits per heavy atom. The highest BCUT2D eigenvalue weighted by atomic mass is 15.2. The molecular weight excluding hydrogens is 334 g/mol. The average molecular weight is 372 g/mol. The Bertz CT molecular complexity index is 580. The monoisotopic (exact) mass is 371 g/mol. The van der Waals surface area contributed by atoms with E-state index in [9.17, 15) is 0 Å². The van der Waals surface area contributed by atoms with Crippen LogP contribution in [0.15, 0.2) is 35.3 Å². The smallest absolute Gasteiger partial charge is 0.191 e. The van der Waals surface area contributed by atoms with Crippen molar-refractivity contribution in [2.24, 2.45) is 10.9 Å². The van der Waals surface area contributed by atoms with Crippen LogP contribution in [0.25, 0.3) is 0 Å². The molecule has 27 heavy (non-hydrogen) atoms. The van der Waals surface area contributed by atoms with Gasteiger partial charge < -0.3 is 15.5 Å². The molecule has 150 valence electrons. The summed E-state index contributed by atoms with van der Waals surface area (Å²) in [6, 6.07) is 11.9. The van der Waals surface area contributed by atoms with Crippen molar-refractivity contribution >= 4 is 5.96 Å². The number of guanidine groups is 1. The standard InChI is InChI=1S/C22H37N5/c1-18-15-21(11-14-27(18)17-20-7-5-4-6-8-20)25-22(23-2)24-16-19-9-12-26(3)13-10-19/h4-8,18-19,21H,9-17H2,1-3H3,(H2,23,24,25). The molecule has 5 nitrogen and oxygen atoms in total. The Morgan fingerprint density at radius 3 is 2.52 bits per heavy atom. The molecule has 2 aliphatic heterocycles. The zero-order valence-electron chi connectivity index (χ0n) is 17.3. The summed E-state index contributed by atoms with van der Waals surface area (Å²) in [5.41, 5.74) is 1.41. The highest BCUT2D eigenvalue weighted by Crippen LogP contribution is 2.20. The van der Waals surface area contributed by atoms with Crippen LogP contribution in [0.1, 0.15) is 38.2 Å². The second kappa shape index (κ2) is 10.1. The van der Waals surface area contributed by atoms with Gasteiger partial charge in [0.25, 0.3) is 0 Å². The maximum atomic E-state index is 4.46. The molecule has 2 N–H and O–H groups in total. The summed E-state index contributed by atoms with van der Waals surface area (Å²) in [6.07, 6.45) is 4.92. The maximum absolute atomic E-state index is 4.46. The Kier molecular flexibility index (Phi) is 7.53. The fraction of sp³-hybridized carbons (Fsp3) is 0.682. The van der Waals surface area contributed by atoms with Crippen molar-refractivity contribution in [3.05, 3.63) is 35.9 Å². The second-order valence-corrected chi connectivity index (χ2v) is 8.37. The number of nitrogens with one attached hydrogen (secondary N) is 2. The molecule has 0 radical (unpaired) electrons. The molecule has 2 atom stereocenters. The molecule has 2 aliphatic rings. The number of piperidine rings is 2. The van der Waals surface area contributed by atoms with Gasteiger partial charge in [0, 0.05) is 38.8 Å². The largest absolute Gasteiger partial charge is 0.356 e. The Morgan fingerprint density at radius 1 is 1.11 bits per heavy atom. The molecular formula is C22H37N5. The molecule has 2 unspecified atom stereocenters. The molecule has 2 fully saturated rings. The van der Waals surface area contributed by atoms with Crippen molar-refractivity contribution in [2.45, 2.75) is 51.2 Å². The van der Waals surface area contributed by atoms with Gasteiger partial charge in [-0.2, -0.15) is 0 Å². The molecule has 0 aromatic heterocycles. The zero-order chi connectivity index (χ0) is 19.1. The van der Waals surface area contributed by atoms with Crippen LogP contribution in [0.4, 0.5) is 0 Å². The van der Waals surface area contributed by atoms with E-state index in [1.54, 1.807) is 0 Å². The fourth-order valence-corrected chi connectivity index (χ4v) is 4.30. The average Bonchev–Trinajstić information content (AvgIpc) is 2.69. The van der Waals surface area contributed by atoms with E-state index in [2.05, 4.69) is 69.7 Å². The van der Waals surface area contributed by atoms with Gasteiger partial charge in [0.2, 0.25) is 0 Å². The van der Waals surface area contributed by atoms with Crippen LogP contribution in [0, 0.1) is 5.92 Å². The summed E-state index contributed by atoms with van der Waals surface area (Å²) in [6.45, 7) is 8.02. The lowest BCUT2D eigenvalue weighted by Crippen LogP contribution is -2.52. The van der Waals surface area contributed by atoms with E-state index < -0.39 is 0 Å². The van der Waals surface area contributed by atoms with Crippen LogP contribution in [-0.2, 0) is 6.54 Å². The molecule has 5 heteroatoms. The Balaban J connectivity index is 1.41. The SMILES string of the molecule is CN=C(NCC1CCN(C)CC1)NC1CCN(Cc2ccccc2)C(C)C1. The minimum atomic E-state index is 0.510. The van der Waals surface area contributed by atoms with Crippen molar-refractivity contribution < 1.29 is 0 Å². The van der Waals surface area contributed by atoms with E-state index in [4.69, 9.17) is 0 Å². The van der Waals surface area contributed by atoms with E-state index in [1.807, 2.05) is 7.05 Å². The van der Waals surface area contributed by atoms with Crippen LogP contribution < -0.4 is 10.6 Å². The van der Waals surface area contributed by atoms with E-state index in [0.29, 0.717) is 12.1 Å². The van der Waals surface area contributed by atoms with Crippen LogP contribution in [0.3, 0.4) is 0 Å². The molecule has 2 saturated heterocycles. The minimum absolute atomic E-state index is 0.510. The van der Waals surface area contributed by atoms with Gasteiger partial charge in [-0.25, -0.2) is 0 Å². The first-order chi connectivity index (χ1) is 13.1. The van der Waals surface area contributed by atoms with Gasteiger partial charge in [-0.15, -0.1) is 0 Å². The van der Waals surface area contributed by atoms with Crippen molar-refractivity contribution in [2.75, 3.05) is 40.3 Å². The molecule has 1 aromatic rings. The normalized spacial score (nSPS) is 26.1. The highest BCUT2D eigenvalue weighted by Gasteiger charge is 2.26. The first-order valence-corrected chi connectivity index (χ1v) is 10.6. The minimum Gasteiger partial charge on any atom is -0.356 e. The third-order valence-corrected chi connectivity index (χ3v) is 6.20. The lowest BCUT2D eigenvalue weighted by molar-refractivity contribution is 0.134. The van der Waals surface area contributed by atoms with Crippen LogP contribution in [0.2, 0.25) is 0 Å². The summed E-state index contributed by atoms with van der Waals surface area (Å²) >= 11 is 0. The Hall–Kier alpha value is -1.59. The molecule has 0 bridgehead atoms. The molecule has 2 heterocycles. The second-order valence-electron chi connectivity index (χ2n) is 8.37. The van der Waals surface area contributed by atoms with Gasteiger partial charge in [0.05, 0.1) is 0 Å². The predicted molar refractivity (Wildman–Crippen MR) is 114 cm³/mol. The van der Waals surface area contributed by atoms with Crippen molar-refractivity contribution in [3.63, 3.8) is 0 Å². The molecule has 0 saturated carbocycles. The van der Waals surface area contributed by atoms with Crippen molar-refractivity contribution in [3.8, 4) is 0 Å². The molecule has 3 rings (SSSR count). The first kappa shape index (κ1) is 20.2. The van der Waals surface area contributed by atoms with E-state index in [0.717, 1.165) is 31.5 Å². The lowest BCUT2D eigenvalue weighted by Gasteiger charge is -2.38. The summed E-state index contributed by atoms with van der Waals surface area (Å²) in [5, 5.41) is 7.24.